The third-order valence-electron chi connectivity index (χ3n) is 1.10. The molecule has 9 heavy (non-hydrogen) atoms. The standard InChI is InChI=1S/C9H14/c1-5-9(6-2)7-8(3)4/h5,7H,1,3,6H2,2,4H3. The average molecular weight is 122 g/mol. The van der Waals surface area contributed by atoms with Crippen LogP contribution >= 0.6 is 0 Å². The van der Waals surface area contributed by atoms with Gasteiger partial charge in [0.15, 0.2) is 0 Å². The second kappa shape index (κ2) is 4.13. The van der Waals surface area contributed by atoms with E-state index in [1.165, 1.54) is 5.57 Å². The predicted octanol–water partition coefficient (Wildman–Crippen LogP) is 3.08. The molecule has 0 atom stereocenters. The van der Waals surface area contributed by atoms with E-state index in [1.54, 1.807) is 0 Å². The summed E-state index contributed by atoms with van der Waals surface area (Å²) >= 11 is 0. The van der Waals surface area contributed by atoms with Crippen LogP contribution in [0, 0.1) is 0 Å². The number of hydrogen-bond donors (Lipinski definition) is 0. The second-order valence-corrected chi connectivity index (χ2v) is 2.12. The van der Waals surface area contributed by atoms with Crippen molar-refractivity contribution < 1.29 is 0 Å². The largest absolute Gasteiger partial charge is 0.0988 e. The molecule has 0 nitrogen and oxygen atoms in total. The van der Waals surface area contributed by atoms with Crippen molar-refractivity contribution in [2.24, 2.45) is 0 Å². The van der Waals surface area contributed by atoms with Crippen LogP contribution in [-0.2, 0) is 0 Å². The molecular weight excluding hydrogens is 108 g/mol. The zero-order valence-electron chi connectivity index (χ0n) is 6.28. The number of rotatable bonds is 3. The van der Waals surface area contributed by atoms with Crippen molar-refractivity contribution in [2.45, 2.75) is 20.3 Å². The quantitative estimate of drug-likeness (QED) is 0.504. The molecule has 0 saturated carbocycles. The smallest absolute Gasteiger partial charge is 0.0308 e. The summed E-state index contributed by atoms with van der Waals surface area (Å²) in [7, 11) is 0. The molecule has 0 amide bonds. The van der Waals surface area contributed by atoms with Gasteiger partial charge in [0.2, 0.25) is 0 Å². The third-order valence-corrected chi connectivity index (χ3v) is 1.10. The lowest BCUT2D eigenvalue weighted by molar-refractivity contribution is 1.14. The van der Waals surface area contributed by atoms with Gasteiger partial charge in [-0.15, -0.1) is 0 Å². The Bertz CT molecular complexity index is 138. The Morgan fingerprint density at radius 3 is 2.22 bits per heavy atom. The topological polar surface area (TPSA) is 0 Å². The summed E-state index contributed by atoms with van der Waals surface area (Å²) in [5.41, 5.74) is 2.34. The highest BCUT2D eigenvalue weighted by Crippen LogP contribution is 2.04. The van der Waals surface area contributed by atoms with Crippen molar-refractivity contribution in [1.82, 2.24) is 0 Å². The van der Waals surface area contributed by atoms with Gasteiger partial charge in [0.25, 0.3) is 0 Å². The first-order valence-corrected chi connectivity index (χ1v) is 3.19. The normalized spacial score (nSPS) is 11.1. The summed E-state index contributed by atoms with van der Waals surface area (Å²) in [6, 6.07) is 0. The first-order valence-electron chi connectivity index (χ1n) is 3.19. The van der Waals surface area contributed by atoms with Crippen LogP contribution in [0.25, 0.3) is 0 Å². The Morgan fingerprint density at radius 1 is 1.56 bits per heavy atom. The van der Waals surface area contributed by atoms with E-state index >= 15 is 0 Å². The van der Waals surface area contributed by atoms with Crippen LogP contribution in [0.2, 0.25) is 0 Å². The zero-order valence-corrected chi connectivity index (χ0v) is 6.28. The second-order valence-electron chi connectivity index (χ2n) is 2.12. The van der Waals surface area contributed by atoms with E-state index in [-0.39, 0.29) is 0 Å². The molecule has 0 saturated heterocycles. The van der Waals surface area contributed by atoms with Crippen LogP contribution in [0.15, 0.2) is 36.5 Å². The predicted molar refractivity (Wildman–Crippen MR) is 43.4 cm³/mol. The number of hydrogen-bond acceptors (Lipinski definition) is 0. The molecular formula is C9H14. The molecule has 0 heterocycles. The van der Waals surface area contributed by atoms with Crippen LogP contribution < -0.4 is 0 Å². The lowest BCUT2D eigenvalue weighted by Crippen LogP contribution is -1.73. The molecule has 0 spiro atoms. The van der Waals surface area contributed by atoms with Crippen molar-refractivity contribution in [2.75, 3.05) is 0 Å². The fourth-order valence-corrected chi connectivity index (χ4v) is 0.622. The van der Waals surface area contributed by atoms with E-state index in [2.05, 4.69) is 20.1 Å². The molecule has 0 aromatic rings. The summed E-state index contributed by atoms with van der Waals surface area (Å²) in [4.78, 5) is 0. The molecule has 0 unspecified atom stereocenters. The van der Waals surface area contributed by atoms with Crippen LogP contribution in [0.3, 0.4) is 0 Å². The highest BCUT2D eigenvalue weighted by molar-refractivity contribution is 5.25. The molecule has 0 aliphatic heterocycles. The average Bonchev–Trinajstić information content (AvgIpc) is 1.82. The van der Waals surface area contributed by atoms with Gasteiger partial charge in [-0.2, -0.15) is 0 Å². The van der Waals surface area contributed by atoms with Crippen LogP contribution in [0.5, 0.6) is 0 Å². The van der Waals surface area contributed by atoms with E-state index < -0.39 is 0 Å². The maximum atomic E-state index is 3.77. The van der Waals surface area contributed by atoms with Gasteiger partial charge in [-0.1, -0.05) is 37.8 Å². The minimum atomic E-state index is 1.04. The lowest BCUT2D eigenvalue weighted by Gasteiger charge is -1.93. The van der Waals surface area contributed by atoms with Gasteiger partial charge in [-0.05, 0) is 18.9 Å². The summed E-state index contributed by atoms with van der Waals surface area (Å²) in [6.45, 7) is 11.5. The van der Waals surface area contributed by atoms with Gasteiger partial charge in [-0.25, -0.2) is 0 Å². The fourth-order valence-electron chi connectivity index (χ4n) is 0.622. The summed E-state index contributed by atoms with van der Waals surface area (Å²) in [5, 5.41) is 0. The highest BCUT2D eigenvalue weighted by Gasteiger charge is 1.83. The highest BCUT2D eigenvalue weighted by atomic mass is 13.9. The molecule has 0 bridgehead atoms. The summed E-state index contributed by atoms with van der Waals surface area (Å²) in [6.07, 6.45) is 4.96. The summed E-state index contributed by atoms with van der Waals surface area (Å²) in [5.74, 6) is 0. The van der Waals surface area contributed by atoms with Crippen molar-refractivity contribution in [3.8, 4) is 0 Å². The minimum Gasteiger partial charge on any atom is -0.0988 e. The molecule has 0 rings (SSSR count). The van der Waals surface area contributed by atoms with E-state index in [1.807, 2.05) is 19.1 Å². The Balaban J connectivity index is 4.07. The van der Waals surface area contributed by atoms with Crippen LogP contribution in [-0.4, -0.2) is 0 Å². The molecule has 0 aliphatic carbocycles. The fraction of sp³-hybridized carbons (Fsp3) is 0.333. The zero-order chi connectivity index (χ0) is 7.28. The molecule has 0 aromatic heterocycles. The Morgan fingerprint density at radius 2 is 2.11 bits per heavy atom. The SMILES string of the molecule is C=CC(=CC(=C)C)CC. The van der Waals surface area contributed by atoms with E-state index in [4.69, 9.17) is 0 Å². The van der Waals surface area contributed by atoms with Gasteiger partial charge in [0.05, 0.1) is 0 Å². The Hall–Kier alpha value is -0.780. The van der Waals surface area contributed by atoms with Crippen LogP contribution in [0.1, 0.15) is 20.3 Å². The molecule has 0 aromatic carbocycles. The lowest BCUT2D eigenvalue weighted by atomic mass is 10.1. The maximum Gasteiger partial charge on any atom is -0.0308 e. The molecule has 0 heteroatoms. The van der Waals surface area contributed by atoms with E-state index in [0.29, 0.717) is 0 Å². The molecule has 0 radical (unpaired) electrons. The molecule has 0 aliphatic rings. The van der Waals surface area contributed by atoms with Gasteiger partial charge in [0, 0.05) is 0 Å². The third kappa shape index (κ3) is 3.77. The van der Waals surface area contributed by atoms with Gasteiger partial charge >= 0.3 is 0 Å². The molecule has 0 fully saturated rings. The first kappa shape index (κ1) is 8.22. The van der Waals surface area contributed by atoms with Gasteiger partial charge in [0.1, 0.15) is 0 Å². The van der Waals surface area contributed by atoms with Crippen LogP contribution in [0.4, 0.5) is 0 Å². The molecule has 50 valence electrons. The first-order chi connectivity index (χ1) is 4.20. The van der Waals surface area contributed by atoms with Crippen molar-refractivity contribution >= 4 is 0 Å². The van der Waals surface area contributed by atoms with Crippen molar-refractivity contribution in [3.05, 3.63) is 36.5 Å². The maximum absolute atomic E-state index is 3.77. The monoisotopic (exact) mass is 122 g/mol. The number of allylic oxidation sites excluding steroid dienone is 4. The van der Waals surface area contributed by atoms with Crippen molar-refractivity contribution in [1.29, 1.82) is 0 Å². The van der Waals surface area contributed by atoms with E-state index in [9.17, 15) is 0 Å². The van der Waals surface area contributed by atoms with E-state index in [0.717, 1.165) is 12.0 Å². The Labute approximate surface area is 57.6 Å². The summed E-state index contributed by atoms with van der Waals surface area (Å²) < 4.78 is 0. The Kier molecular flexibility index (Phi) is 3.78. The molecule has 0 N–H and O–H groups in total. The minimum absolute atomic E-state index is 1.04. The van der Waals surface area contributed by atoms with Gasteiger partial charge in [-0.3, -0.25) is 0 Å². The van der Waals surface area contributed by atoms with Gasteiger partial charge < -0.3 is 0 Å². The van der Waals surface area contributed by atoms with Crippen molar-refractivity contribution in [3.63, 3.8) is 0 Å².